The van der Waals surface area contributed by atoms with Crippen molar-refractivity contribution in [1.29, 1.82) is 0 Å². The fourth-order valence-electron chi connectivity index (χ4n) is 3.95. The van der Waals surface area contributed by atoms with Crippen LogP contribution >= 0.6 is 0 Å². The molecular formula is C28H38F2N4O5. The van der Waals surface area contributed by atoms with Gasteiger partial charge in [-0.2, -0.15) is 0 Å². The summed E-state index contributed by atoms with van der Waals surface area (Å²) in [5.41, 5.74) is 2.48. The molecular weight excluding hydrogens is 510 g/mol. The maximum atomic E-state index is 14.8. The number of hydrogen-bond acceptors (Lipinski definition) is 8. The number of aliphatic imine (C=N–C) groups is 1. The summed E-state index contributed by atoms with van der Waals surface area (Å²) in [6.45, 7) is 8.01. The number of allylic oxidation sites excluding steroid dienone is 7. The van der Waals surface area contributed by atoms with Gasteiger partial charge in [0.15, 0.2) is 6.29 Å². The van der Waals surface area contributed by atoms with Crippen LogP contribution in [0.15, 0.2) is 88.9 Å². The Morgan fingerprint density at radius 2 is 2.05 bits per heavy atom. The number of hydrogen-bond donors (Lipinski definition) is 6. The number of rotatable bonds is 14. The molecule has 0 unspecified atom stereocenters. The van der Waals surface area contributed by atoms with Gasteiger partial charge in [0, 0.05) is 43.9 Å². The molecule has 0 saturated heterocycles. The Balaban J connectivity index is 2.03. The SMILES string of the molecule is C=C/C=C(C)\C=C(/CF)NC(=O)C1=CC[C@H](F)[C@H](O[C@@H]2C=CN=C(/C(=C/C(=C)[C@@H](O)NCC(O)O)NC)C2)C1. The van der Waals surface area contributed by atoms with Crippen LogP contribution < -0.4 is 16.0 Å². The third kappa shape index (κ3) is 10.5. The van der Waals surface area contributed by atoms with Crippen LogP contribution in [0.25, 0.3) is 0 Å². The number of alkyl halides is 2. The van der Waals surface area contributed by atoms with E-state index < -0.39 is 43.5 Å². The number of aliphatic hydroxyl groups is 3. The van der Waals surface area contributed by atoms with Crippen LogP contribution in [-0.2, 0) is 9.53 Å². The highest BCUT2D eigenvalue weighted by Gasteiger charge is 2.32. The lowest BCUT2D eigenvalue weighted by Gasteiger charge is -2.30. The maximum absolute atomic E-state index is 14.8. The van der Waals surface area contributed by atoms with Gasteiger partial charge in [-0.25, -0.2) is 8.78 Å². The van der Waals surface area contributed by atoms with Crippen LogP contribution in [0, 0.1) is 0 Å². The normalized spacial score (nSPS) is 23.2. The number of nitrogens with zero attached hydrogens (tertiary/aromatic N) is 1. The molecule has 214 valence electrons. The average molecular weight is 549 g/mol. The number of carbonyl (C=O) groups excluding carboxylic acids is 1. The summed E-state index contributed by atoms with van der Waals surface area (Å²) in [6, 6.07) is 0. The molecule has 4 atom stereocenters. The molecule has 0 aromatic heterocycles. The molecule has 39 heavy (non-hydrogen) atoms. The third-order valence-corrected chi connectivity index (χ3v) is 5.94. The summed E-state index contributed by atoms with van der Waals surface area (Å²) < 4.78 is 34.3. The Morgan fingerprint density at radius 3 is 2.69 bits per heavy atom. The Morgan fingerprint density at radius 1 is 1.31 bits per heavy atom. The fraction of sp³-hybridized carbons (Fsp3) is 0.429. The minimum Gasteiger partial charge on any atom is -0.387 e. The Labute approximate surface area is 227 Å². The van der Waals surface area contributed by atoms with E-state index >= 15 is 0 Å². The Kier molecular flexibility index (Phi) is 13.1. The minimum absolute atomic E-state index is 0.0101. The highest BCUT2D eigenvalue weighted by molar-refractivity contribution is 6.01. The first-order valence-corrected chi connectivity index (χ1v) is 12.5. The van der Waals surface area contributed by atoms with Crippen LogP contribution in [0.2, 0.25) is 0 Å². The standard InChI is InChI=1S/C28H38F2N4O5/c1-5-6-17(2)11-20(15-29)34-28(38)19-7-8-22(30)25(13-19)39-21-9-10-32-24(14-21)23(31-4)12-18(3)27(37)33-16-26(35)36/h5-7,9-12,21-22,25-27,31,33,35-37H,1,3,8,13-16H2,2,4H3,(H,34,38)/b17-6-,20-11+,23-12-/t21-,22+,25-,27-/m1/s1. The Bertz CT molecular complexity index is 1080. The topological polar surface area (TPSA) is 135 Å². The van der Waals surface area contributed by atoms with Gasteiger partial charge >= 0.3 is 0 Å². The summed E-state index contributed by atoms with van der Waals surface area (Å²) in [6.07, 6.45) is 5.73. The van der Waals surface area contributed by atoms with Gasteiger partial charge in [0.2, 0.25) is 0 Å². The summed E-state index contributed by atoms with van der Waals surface area (Å²) in [5.74, 6) is -0.507. The van der Waals surface area contributed by atoms with Crippen LogP contribution in [0.1, 0.15) is 26.2 Å². The largest absolute Gasteiger partial charge is 0.387 e. The zero-order valence-electron chi connectivity index (χ0n) is 22.2. The molecule has 11 heteroatoms. The summed E-state index contributed by atoms with van der Waals surface area (Å²) in [5, 5.41) is 36.1. The third-order valence-electron chi connectivity index (χ3n) is 5.94. The lowest BCUT2D eigenvalue weighted by Crippen LogP contribution is -2.37. The number of aliphatic hydroxyl groups excluding tert-OH is 2. The van der Waals surface area contributed by atoms with E-state index in [9.17, 15) is 18.7 Å². The zero-order valence-corrected chi connectivity index (χ0v) is 22.2. The lowest BCUT2D eigenvalue weighted by atomic mass is 9.94. The maximum Gasteiger partial charge on any atom is 0.251 e. The van der Waals surface area contributed by atoms with Gasteiger partial charge in [-0.05, 0) is 42.7 Å². The molecule has 0 aromatic rings. The first kappa shape index (κ1) is 32.0. The van der Waals surface area contributed by atoms with Crippen molar-refractivity contribution < 1.29 is 33.6 Å². The van der Waals surface area contributed by atoms with Gasteiger partial charge in [-0.3, -0.25) is 15.1 Å². The molecule has 6 N–H and O–H groups in total. The van der Waals surface area contributed by atoms with E-state index in [4.69, 9.17) is 14.9 Å². The molecule has 1 heterocycles. The van der Waals surface area contributed by atoms with Crippen molar-refractivity contribution in [2.75, 3.05) is 20.3 Å². The quantitative estimate of drug-likeness (QED) is 0.145. The predicted molar refractivity (Wildman–Crippen MR) is 147 cm³/mol. The number of nitrogens with one attached hydrogen (secondary N) is 3. The molecule has 2 rings (SSSR count). The molecule has 0 bridgehead atoms. The molecule has 0 saturated carbocycles. The van der Waals surface area contributed by atoms with E-state index in [0.717, 1.165) is 5.57 Å². The average Bonchev–Trinajstić information content (AvgIpc) is 2.91. The first-order valence-electron chi connectivity index (χ1n) is 12.5. The zero-order chi connectivity index (χ0) is 28.9. The monoisotopic (exact) mass is 548 g/mol. The molecule has 9 nitrogen and oxygen atoms in total. The van der Waals surface area contributed by atoms with E-state index in [1.54, 1.807) is 38.3 Å². The van der Waals surface area contributed by atoms with Crippen molar-refractivity contribution >= 4 is 11.6 Å². The van der Waals surface area contributed by atoms with Crippen molar-refractivity contribution in [2.45, 2.75) is 57.1 Å². The second-order valence-corrected chi connectivity index (χ2v) is 9.10. The molecule has 1 aliphatic carbocycles. The van der Waals surface area contributed by atoms with Crippen molar-refractivity contribution in [3.05, 3.63) is 83.9 Å². The van der Waals surface area contributed by atoms with Crippen molar-refractivity contribution in [1.82, 2.24) is 16.0 Å². The molecule has 0 radical (unpaired) electrons. The van der Waals surface area contributed by atoms with Gasteiger partial charge in [0.05, 0.1) is 23.6 Å². The molecule has 0 aromatic carbocycles. The second-order valence-electron chi connectivity index (χ2n) is 9.10. The predicted octanol–water partition coefficient (Wildman–Crippen LogP) is 2.14. The Hall–Kier alpha value is -3.22. The van der Waals surface area contributed by atoms with E-state index in [0.29, 0.717) is 17.0 Å². The van der Waals surface area contributed by atoms with Gasteiger partial charge in [-0.1, -0.05) is 31.4 Å². The van der Waals surface area contributed by atoms with E-state index in [-0.39, 0.29) is 37.1 Å². The van der Waals surface area contributed by atoms with Crippen LogP contribution in [0.4, 0.5) is 8.78 Å². The fourth-order valence-corrected chi connectivity index (χ4v) is 3.95. The number of halogens is 2. The number of amides is 1. The molecule has 0 fully saturated rings. The first-order chi connectivity index (χ1) is 18.6. The second kappa shape index (κ2) is 16.0. The van der Waals surface area contributed by atoms with Crippen molar-refractivity contribution in [3.8, 4) is 0 Å². The van der Waals surface area contributed by atoms with E-state index in [1.165, 1.54) is 18.4 Å². The van der Waals surface area contributed by atoms with Gasteiger partial charge < -0.3 is 30.7 Å². The van der Waals surface area contributed by atoms with E-state index in [1.807, 2.05) is 0 Å². The molecule has 0 spiro atoms. The minimum atomic E-state index is -1.63. The van der Waals surface area contributed by atoms with Crippen molar-refractivity contribution in [2.24, 2.45) is 4.99 Å². The molecule has 2 aliphatic rings. The van der Waals surface area contributed by atoms with Crippen LogP contribution in [-0.4, -0.2) is 78.1 Å². The van der Waals surface area contributed by atoms with Crippen molar-refractivity contribution in [3.63, 3.8) is 0 Å². The summed E-state index contributed by atoms with van der Waals surface area (Å²) in [4.78, 5) is 17.1. The molecule has 1 amide bonds. The molecule has 1 aliphatic heterocycles. The number of ether oxygens (including phenoxy) is 1. The highest BCUT2D eigenvalue weighted by Crippen LogP contribution is 2.27. The van der Waals surface area contributed by atoms with Gasteiger partial charge in [0.25, 0.3) is 5.91 Å². The summed E-state index contributed by atoms with van der Waals surface area (Å²) in [7, 11) is 1.66. The van der Waals surface area contributed by atoms with E-state index in [2.05, 4.69) is 34.1 Å². The number of carbonyl (C=O) groups is 1. The van der Waals surface area contributed by atoms with Crippen LogP contribution in [0.3, 0.4) is 0 Å². The van der Waals surface area contributed by atoms with Crippen LogP contribution in [0.5, 0.6) is 0 Å². The van der Waals surface area contributed by atoms with Gasteiger partial charge in [-0.15, -0.1) is 0 Å². The highest BCUT2D eigenvalue weighted by atomic mass is 19.1. The lowest BCUT2D eigenvalue weighted by molar-refractivity contribution is -0.118. The van der Waals surface area contributed by atoms with Gasteiger partial charge in [0.1, 0.15) is 19.1 Å². The summed E-state index contributed by atoms with van der Waals surface area (Å²) >= 11 is 0. The smallest absolute Gasteiger partial charge is 0.251 e.